The Bertz CT molecular complexity index is 848. The summed E-state index contributed by atoms with van der Waals surface area (Å²) in [5.41, 5.74) is 4.24. The molecule has 0 atom stereocenters. The van der Waals surface area contributed by atoms with Gasteiger partial charge in [-0.3, -0.25) is 0 Å². The van der Waals surface area contributed by atoms with Gasteiger partial charge in [0.25, 0.3) is 0 Å². The number of anilines is 2. The summed E-state index contributed by atoms with van der Waals surface area (Å²) < 4.78 is 0. The van der Waals surface area contributed by atoms with E-state index in [4.69, 9.17) is 0 Å². The van der Waals surface area contributed by atoms with Gasteiger partial charge in [0.05, 0.1) is 11.9 Å². The first-order chi connectivity index (χ1) is 11.7. The normalized spacial score (nSPS) is 15.8. The van der Waals surface area contributed by atoms with Crippen molar-refractivity contribution in [2.75, 3.05) is 50.5 Å². The largest absolute Gasteiger partial charge is 0.387 e. The van der Waals surface area contributed by atoms with Crippen molar-refractivity contribution in [2.45, 2.75) is 0 Å². The van der Waals surface area contributed by atoms with Crippen LogP contribution in [0.1, 0.15) is 0 Å². The van der Waals surface area contributed by atoms with Gasteiger partial charge in [-0.15, -0.1) is 0 Å². The third-order valence-corrected chi connectivity index (χ3v) is 4.70. The number of rotatable bonds is 3. The molecule has 0 radical (unpaired) electrons. The highest BCUT2D eigenvalue weighted by Crippen LogP contribution is 2.31. The molecule has 2 N–H and O–H groups in total. The van der Waals surface area contributed by atoms with E-state index in [1.165, 1.54) is 5.56 Å². The fraction of sp³-hybridized carbons (Fsp3) is 0.333. The number of fused-ring (bicyclic) bond motifs is 1. The molecule has 124 valence electrons. The Hall–Kier alpha value is -2.60. The van der Waals surface area contributed by atoms with Crippen molar-refractivity contribution < 1.29 is 0 Å². The lowest BCUT2D eigenvalue weighted by atomic mass is 10.1. The van der Waals surface area contributed by atoms with E-state index in [0.717, 1.165) is 54.3 Å². The summed E-state index contributed by atoms with van der Waals surface area (Å²) in [4.78, 5) is 17.0. The number of hydrogen-bond donors (Lipinski definition) is 2. The molecular formula is C18H22N6. The van der Waals surface area contributed by atoms with Gasteiger partial charge in [0.1, 0.15) is 11.5 Å². The molecule has 1 saturated heterocycles. The van der Waals surface area contributed by atoms with Crippen molar-refractivity contribution >= 4 is 22.5 Å². The third kappa shape index (κ3) is 2.69. The monoisotopic (exact) mass is 322 g/mol. The molecule has 4 rings (SSSR count). The summed E-state index contributed by atoms with van der Waals surface area (Å²) in [5, 5.41) is 4.28. The Balaban J connectivity index is 1.71. The fourth-order valence-corrected chi connectivity index (χ4v) is 3.17. The van der Waals surface area contributed by atoms with Gasteiger partial charge >= 0.3 is 0 Å². The second-order valence-electron chi connectivity index (χ2n) is 6.27. The van der Waals surface area contributed by atoms with Gasteiger partial charge in [0.2, 0.25) is 0 Å². The van der Waals surface area contributed by atoms with E-state index >= 15 is 0 Å². The maximum atomic E-state index is 4.58. The Morgan fingerprint density at radius 1 is 1.12 bits per heavy atom. The van der Waals surface area contributed by atoms with Crippen molar-refractivity contribution in [1.29, 1.82) is 0 Å². The minimum absolute atomic E-state index is 0.905. The number of likely N-dealkylation sites (N-methyl/N-ethyl adjacent to an activating group) is 1. The van der Waals surface area contributed by atoms with Crippen molar-refractivity contribution in [1.82, 2.24) is 19.9 Å². The molecule has 0 aliphatic carbocycles. The van der Waals surface area contributed by atoms with Gasteiger partial charge in [-0.05, 0) is 30.8 Å². The summed E-state index contributed by atoms with van der Waals surface area (Å²) in [6.45, 7) is 4.20. The van der Waals surface area contributed by atoms with Gasteiger partial charge in [-0.25, -0.2) is 9.97 Å². The zero-order valence-corrected chi connectivity index (χ0v) is 14.1. The minimum atomic E-state index is 0.905. The predicted octanol–water partition coefficient (Wildman–Crippen LogP) is 2.42. The lowest BCUT2D eigenvalue weighted by Crippen LogP contribution is -2.44. The number of H-pyrrole nitrogens is 1. The first-order valence-electron chi connectivity index (χ1n) is 8.29. The molecule has 1 fully saturated rings. The number of aromatic amines is 1. The molecule has 1 aliphatic heterocycles. The van der Waals surface area contributed by atoms with Crippen molar-refractivity contribution in [3.05, 3.63) is 36.8 Å². The van der Waals surface area contributed by atoms with Crippen molar-refractivity contribution in [2.24, 2.45) is 0 Å². The molecule has 0 saturated carbocycles. The van der Waals surface area contributed by atoms with Crippen molar-refractivity contribution in [3.63, 3.8) is 0 Å². The van der Waals surface area contributed by atoms with Crippen LogP contribution in [0.25, 0.3) is 22.2 Å². The summed E-state index contributed by atoms with van der Waals surface area (Å²) in [7, 11) is 4.08. The first kappa shape index (κ1) is 15.0. The van der Waals surface area contributed by atoms with E-state index in [-0.39, 0.29) is 0 Å². The molecule has 6 heteroatoms. The molecule has 0 amide bonds. The highest BCUT2D eigenvalue weighted by atomic mass is 15.3. The van der Waals surface area contributed by atoms with Crippen LogP contribution in [-0.4, -0.2) is 60.1 Å². The number of piperazine rings is 1. The maximum Gasteiger partial charge on any atom is 0.138 e. The molecule has 0 bridgehead atoms. The quantitative estimate of drug-likeness (QED) is 0.775. The van der Waals surface area contributed by atoms with E-state index in [2.05, 4.69) is 55.3 Å². The molecule has 4 heterocycles. The van der Waals surface area contributed by atoms with Crippen molar-refractivity contribution in [3.8, 4) is 11.1 Å². The summed E-state index contributed by atoms with van der Waals surface area (Å²) >= 11 is 0. The van der Waals surface area contributed by atoms with Crippen LogP contribution >= 0.6 is 0 Å². The van der Waals surface area contributed by atoms with E-state index in [1.807, 2.05) is 25.6 Å². The van der Waals surface area contributed by atoms with E-state index in [1.54, 1.807) is 0 Å². The SMILES string of the molecule is CNc1cnc2[nH]cc(-c3ccnc(N4CCN(C)CC4)c3)c2c1. The fourth-order valence-electron chi connectivity index (χ4n) is 3.17. The predicted molar refractivity (Wildman–Crippen MR) is 98.6 cm³/mol. The highest BCUT2D eigenvalue weighted by molar-refractivity contribution is 5.95. The standard InChI is InChI=1S/C18H22N6/c1-19-14-10-15-16(12-22-18(15)21-11-14)13-3-4-20-17(9-13)24-7-5-23(2)6-8-24/h3-4,9-12,19H,5-8H2,1-2H3,(H,21,22). The summed E-state index contributed by atoms with van der Waals surface area (Å²) in [6, 6.07) is 6.37. The van der Waals surface area contributed by atoms with Crippen LogP contribution in [0.3, 0.4) is 0 Å². The molecule has 3 aromatic heterocycles. The summed E-state index contributed by atoms with van der Waals surface area (Å²) in [6.07, 6.45) is 5.77. The maximum absolute atomic E-state index is 4.58. The molecular weight excluding hydrogens is 300 g/mol. The Morgan fingerprint density at radius 3 is 2.75 bits per heavy atom. The number of nitrogens with zero attached hydrogens (tertiary/aromatic N) is 4. The molecule has 6 nitrogen and oxygen atoms in total. The number of pyridine rings is 2. The topological polar surface area (TPSA) is 60.1 Å². The van der Waals surface area contributed by atoms with Crippen LogP contribution in [-0.2, 0) is 0 Å². The zero-order valence-electron chi connectivity index (χ0n) is 14.1. The van der Waals surface area contributed by atoms with E-state index in [0.29, 0.717) is 0 Å². The molecule has 24 heavy (non-hydrogen) atoms. The van der Waals surface area contributed by atoms with Gasteiger partial charge in [0.15, 0.2) is 0 Å². The molecule has 1 aliphatic rings. The Kier molecular flexibility index (Phi) is 3.82. The molecule has 0 aromatic carbocycles. The number of aromatic nitrogens is 3. The van der Waals surface area contributed by atoms with Gasteiger partial charge in [-0.1, -0.05) is 0 Å². The Labute approximate surface area is 141 Å². The molecule has 0 unspecified atom stereocenters. The second-order valence-corrected chi connectivity index (χ2v) is 6.27. The lowest BCUT2D eigenvalue weighted by Gasteiger charge is -2.33. The van der Waals surface area contributed by atoms with Gasteiger partial charge in [0, 0.05) is 56.6 Å². The van der Waals surface area contributed by atoms with Crippen LogP contribution in [0.4, 0.5) is 11.5 Å². The highest BCUT2D eigenvalue weighted by Gasteiger charge is 2.16. The number of nitrogens with one attached hydrogen (secondary N) is 2. The Morgan fingerprint density at radius 2 is 1.96 bits per heavy atom. The lowest BCUT2D eigenvalue weighted by molar-refractivity contribution is 0.312. The zero-order chi connectivity index (χ0) is 16.5. The van der Waals surface area contributed by atoms with Gasteiger partial charge < -0.3 is 20.1 Å². The van der Waals surface area contributed by atoms with Crippen LogP contribution in [0.5, 0.6) is 0 Å². The second kappa shape index (κ2) is 6.13. The van der Waals surface area contributed by atoms with Crippen LogP contribution in [0, 0.1) is 0 Å². The number of hydrogen-bond acceptors (Lipinski definition) is 5. The minimum Gasteiger partial charge on any atom is -0.387 e. The van der Waals surface area contributed by atoms with Crippen LogP contribution < -0.4 is 10.2 Å². The van der Waals surface area contributed by atoms with E-state index in [9.17, 15) is 0 Å². The third-order valence-electron chi connectivity index (χ3n) is 4.70. The van der Waals surface area contributed by atoms with E-state index < -0.39 is 0 Å². The molecule has 3 aromatic rings. The summed E-state index contributed by atoms with van der Waals surface area (Å²) in [5.74, 6) is 1.05. The van der Waals surface area contributed by atoms with Crippen LogP contribution in [0.2, 0.25) is 0 Å². The van der Waals surface area contributed by atoms with Crippen LogP contribution in [0.15, 0.2) is 36.8 Å². The van der Waals surface area contributed by atoms with Gasteiger partial charge in [-0.2, -0.15) is 0 Å². The molecule has 0 spiro atoms. The average molecular weight is 322 g/mol. The smallest absolute Gasteiger partial charge is 0.138 e. The first-order valence-corrected chi connectivity index (χ1v) is 8.29. The average Bonchev–Trinajstić information content (AvgIpc) is 3.05.